The zero-order valence-electron chi connectivity index (χ0n) is 10.3. The summed E-state index contributed by atoms with van der Waals surface area (Å²) < 4.78 is 36.9. The van der Waals surface area contributed by atoms with Crippen LogP contribution in [0.15, 0.2) is 24.3 Å². The lowest BCUT2D eigenvalue weighted by Gasteiger charge is -2.19. The van der Waals surface area contributed by atoms with Crippen molar-refractivity contribution < 1.29 is 22.5 Å². The van der Waals surface area contributed by atoms with Crippen LogP contribution in [0.25, 0.3) is 0 Å². The minimum atomic E-state index is -4.36. The Kier molecular flexibility index (Phi) is 3.98. The molecule has 0 spiro atoms. The highest BCUT2D eigenvalue weighted by Crippen LogP contribution is 2.16. The number of hydrogen-bond acceptors (Lipinski definition) is 4. The van der Waals surface area contributed by atoms with Gasteiger partial charge >= 0.3 is 16.3 Å². The van der Waals surface area contributed by atoms with E-state index in [1.807, 2.05) is 4.72 Å². The average Bonchev–Trinajstić information content (AvgIpc) is 2.12. The van der Waals surface area contributed by atoms with E-state index < -0.39 is 21.9 Å². The van der Waals surface area contributed by atoms with Crippen LogP contribution in [0, 0.1) is 0 Å². The van der Waals surface area contributed by atoms with Gasteiger partial charge in [0, 0.05) is 0 Å². The predicted molar refractivity (Wildman–Crippen MR) is 66.8 cm³/mol. The zero-order valence-corrected chi connectivity index (χ0v) is 11.1. The molecule has 18 heavy (non-hydrogen) atoms. The molecule has 6 nitrogen and oxygen atoms in total. The predicted octanol–water partition coefficient (Wildman–Crippen LogP) is 1.86. The van der Waals surface area contributed by atoms with E-state index in [-0.39, 0.29) is 11.3 Å². The molecule has 7 heteroatoms. The Morgan fingerprint density at radius 2 is 1.94 bits per heavy atom. The van der Waals surface area contributed by atoms with E-state index in [0.717, 1.165) is 0 Å². The fourth-order valence-electron chi connectivity index (χ4n) is 1.20. The van der Waals surface area contributed by atoms with E-state index >= 15 is 0 Å². The number of benzene rings is 1. The third-order valence-electron chi connectivity index (χ3n) is 1.74. The van der Waals surface area contributed by atoms with Gasteiger partial charge in [-0.25, -0.2) is 4.79 Å². The van der Waals surface area contributed by atoms with E-state index in [1.54, 1.807) is 20.8 Å². The van der Waals surface area contributed by atoms with Gasteiger partial charge in [0.1, 0.15) is 5.60 Å². The summed E-state index contributed by atoms with van der Waals surface area (Å²) in [6.45, 7) is 5.18. The second-order valence-corrected chi connectivity index (χ2v) is 5.81. The summed E-state index contributed by atoms with van der Waals surface area (Å²) in [5, 5.41) is 0. The Bertz CT molecular complexity index is 545. The maximum atomic E-state index is 11.7. The lowest BCUT2D eigenvalue weighted by molar-refractivity contribution is 0.00695. The number of carbonyl (C=O) groups excluding carboxylic acids is 1. The number of ether oxygens (including phenoxy) is 1. The van der Waals surface area contributed by atoms with Crippen LogP contribution in [-0.4, -0.2) is 24.5 Å². The molecule has 2 N–H and O–H groups in total. The van der Waals surface area contributed by atoms with E-state index in [0.29, 0.717) is 0 Å². The quantitative estimate of drug-likeness (QED) is 0.647. The zero-order chi connectivity index (χ0) is 14.0. The molecule has 0 saturated heterocycles. The molecule has 1 aromatic rings. The van der Waals surface area contributed by atoms with E-state index in [9.17, 15) is 13.2 Å². The summed E-state index contributed by atoms with van der Waals surface area (Å²) in [4.78, 5) is 11.7. The fourth-order valence-corrected chi connectivity index (χ4v) is 1.62. The van der Waals surface area contributed by atoms with Gasteiger partial charge in [0.05, 0.1) is 11.3 Å². The normalized spacial score (nSPS) is 12.0. The van der Waals surface area contributed by atoms with Crippen LogP contribution in [0.5, 0.6) is 0 Å². The Labute approximate surface area is 106 Å². The van der Waals surface area contributed by atoms with Crippen molar-refractivity contribution in [3.05, 3.63) is 29.8 Å². The molecule has 1 rings (SSSR count). The molecule has 0 aromatic heterocycles. The standard InChI is InChI=1S/C11H15NO5S/c1-11(2,3)17-10(13)8-5-4-6-9(7-8)12-18(14,15)16/h4-7,12H,1-3H3,(H,14,15,16). The Hall–Kier alpha value is -1.60. The van der Waals surface area contributed by atoms with Crippen molar-refractivity contribution in [1.29, 1.82) is 0 Å². The van der Waals surface area contributed by atoms with Crippen molar-refractivity contribution in [3.8, 4) is 0 Å². The van der Waals surface area contributed by atoms with E-state index in [1.165, 1.54) is 24.3 Å². The fraction of sp³-hybridized carbons (Fsp3) is 0.364. The third kappa shape index (κ3) is 5.15. The van der Waals surface area contributed by atoms with E-state index in [2.05, 4.69) is 0 Å². The number of hydrogen-bond donors (Lipinski definition) is 2. The van der Waals surface area contributed by atoms with E-state index in [4.69, 9.17) is 9.29 Å². The average molecular weight is 273 g/mol. The first-order valence-electron chi connectivity index (χ1n) is 5.15. The molecule has 0 fully saturated rings. The molecule has 0 aliphatic carbocycles. The van der Waals surface area contributed by atoms with Crippen LogP contribution in [0.2, 0.25) is 0 Å². The molecule has 0 atom stereocenters. The molecule has 1 aromatic carbocycles. The largest absolute Gasteiger partial charge is 0.456 e. The van der Waals surface area contributed by atoms with Crippen molar-refractivity contribution >= 4 is 22.0 Å². The highest BCUT2D eigenvalue weighted by molar-refractivity contribution is 7.87. The van der Waals surface area contributed by atoms with Crippen LogP contribution < -0.4 is 4.72 Å². The molecule has 0 heterocycles. The van der Waals surface area contributed by atoms with Gasteiger partial charge in [-0.3, -0.25) is 9.27 Å². The third-order valence-corrected chi connectivity index (χ3v) is 2.24. The second kappa shape index (κ2) is 4.95. The van der Waals surface area contributed by atoms with Gasteiger partial charge in [-0.1, -0.05) is 6.07 Å². The molecule has 0 bridgehead atoms. The first-order valence-corrected chi connectivity index (χ1v) is 6.59. The van der Waals surface area contributed by atoms with Crippen molar-refractivity contribution in [2.24, 2.45) is 0 Å². The highest BCUT2D eigenvalue weighted by atomic mass is 32.2. The smallest absolute Gasteiger partial charge is 0.357 e. The summed E-state index contributed by atoms with van der Waals surface area (Å²) >= 11 is 0. The Morgan fingerprint density at radius 3 is 2.44 bits per heavy atom. The van der Waals surface area contributed by atoms with Gasteiger partial charge in [0.25, 0.3) is 0 Å². The van der Waals surface area contributed by atoms with Gasteiger partial charge in [-0.2, -0.15) is 8.42 Å². The van der Waals surface area contributed by atoms with Crippen molar-refractivity contribution in [1.82, 2.24) is 0 Å². The lowest BCUT2D eigenvalue weighted by Crippen LogP contribution is -2.24. The molecule has 100 valence electrons. The lowest BCUT2D eigenvalue weighted by atomic mass is 10.1. The molecular weight excluding hydrogens is 258 g/mol. The van der Waals surface area contributed by atoms with Gasteiger partial charge in [-0.05, 0) is 39.0 Å². The molecule has 0 saturated carbocycles. The number of anilines is 1. The topological polar surface area (TPSA) is 92.7 Å². The minimum Gasteiger partial charge on any atom is -0.456 e. The second-order valence-electron chi connectivity index (χ2n) is 4.66. The van der Waals surface area contributed by atoms with Crippen LogP contribution >= 0.6 is 0 Å². The number of nitrogens with one attached hydrogen (secondary N) is 1. The maximum absolute atomic E-state index is 11.7. The summed E-state index contributed by atoms with van der Waals surface area (Å²) in [7, 11) is -4.36. The molecular formula is C11H15NO5S. The van der Waals surface area contributed by atoms with Crippen LogP contribution in [0.4, 0.5) is 5.69 Å². The minimum absolute atomic E-state index is 0.0841. The first-order chi connectivity index (χ1) is 8.07. The van der Waals surface area contributed by atoms with Crippen LogP contribution in [-0.2, 0) is 15.0 Å². The maximum Gasteiger partial charge on any atom is 0.357 e. The SMILES string of the molecule is CC(C)(C)OC(=O)c1cccc(NS(=O)(=O)O)c1. The summed E-state index contributed by atoms with van der Waals surface area (Å²) in [6, 6.07) is 5.65. The van der Waals surface area contributed by atoms with Crippen LogP contribution in [0.3, 0.4) is 0 Å². The van der Waals surface area contributed by atoms with Gasteiger partial charge in [0.2, 0.25) is 0 Å². The molecule has 0 unspecified atom stereocenters. The number of rotatable bonds is 3. The van der Waals surface area contributed by atoms with Crippen molar-refractivity contribution in [2.45, 2.75) is 26.4 Å². The molecule has 0 aliphatic rings. The number of carbonyl (C=O) groups is 1. The van der Waals surface area contributed by atoms with Crippen molar-refractivity contribution in [2.75, 3.05) is 4.72 Å². The Morgan fingerprint density at radius 1 is 1.33 bits per heavy atom. The summed E-state index contributed by atoms with van der Waals surface area (Å²) in [6.07, 6.45) is 0. The van der Waals surface area contributed by atoms with Crippen molar-refractivity contribution in [3.63, 3.8) is 0 Å². The summed E-state index contributed by atoms with van der Waals surface area (Å²) in [5.41, 5.74) is -0.358. The first kappa shape index (κ1) is 14.5. The monoisotopic (exact) mass is 273 g/mol. The van der Waals surface area contributed by atoms with Crippen LogP contribution in [0.1, 0.15) is 31.1 Å². The van der Waals surface area contributed by atoms with Gasteiger partial charge < -0.3 is 4.74 Å². The molecule has 0 radical (unpaired) electrons. The molecule has 0 aliphatic heterocycles. The van der Waals surface area contributed by atoms with Gasteiger partial charge in [0.15, 0.2) is 0 Å². The Balaban J connectivity index is 2.92. The summed E-state index contributed by atoms with van der Waals surface area (Å²) in [5.74, 6) is -0.568. The number of esters is 1. The molecule has 0 amide bonds. The van der Waals surface area contributed by atoms with Gasteiger partial charge in [-0.15, -0.1) is 0 Å². The highest BCUT2D eigenvalue weighted by Gasteiger charge is 2.18.